The summed E-state index contributed by atoms with van der Waals surface area (Å²) >= 11 is 0. The molecule has 0 spiro atoms. The van der Waals surface area contributed by atoms with Gasteiger partial charge in [-0.25, -0.2) is 4.98 Å². The van der Waals surface area contributed by atoms with Crippen molar-refractivity contribution in [2.75, 3.05) is 11.9 Å². The Hall–Kier alpha value is -2.47. The van der Waals surface area contributed by atoms with Crippen LogP contribution in [0.1, 0.15) is 11.6 Å². The van der Waals surface area contributed by atoms with Crippen LogP contribution in [0.5, 0.6) is 0 Å². The van der Waals surface area contributed by atoms with Crippen LogP contribution in [0.2, 0.25) is 0 Å². The highest BCUT2D eigenvalue weighted by molar-refractivity contribution is 5.62. The SMILES string of the molecule is NCC(Nc1nccn2cnnc12)c1ccccc1. The van der Waals surface area contributed by atoms with Gasteiger partial charge in [-0.2, -0.15) is 0 Å². The van der Waals surface area contributed by atoms with Gasteiger partial charge < -0.3 is 11.1 Å². The Morgan fingerprint density at radius 1 is 1.26 bits per heavy atom. The molecular formula is C13H14N6. The van der Waals surface area contributed by atoms with E-state index >= 15 is 0 Å². The number of rotatable bonds is 4. The summed E-state index contributed by atoms with van der Waals surface area (Å²) in [4.78, 5) is 4.30. The Morgan fingerprint density at radius 2 is 2.11 bits per heavy atom. The average molecular weight is 254 g/mol. The number of hydrogen-bond acceptors (Lipinski definition) is 5. The number of nitrogens with one attached hydrogen (secondary N) is 1. The molecule has 3 N–H and O–H groups in total. The number of benzene rings is 1. The number of fused-ring (bicyclic) bond motifs is 1. The molecule has 96 valence electrons. The lowest BCUT2D eigenvalue weighted by Gasteiger charge is -2.17. The van der Waals surface area contributed by atoms with E-state index in [0.717, 1.165) is 5.56 Å². The summed E-state index contributed by atoms with van der Waals surface area (Å²) < 4.78 is 1.81. The Labute approximate surface area is 110 Å². The second-order valence-electron chi connectivity index (χ2n) is 4.18. The van der Waals surface area contributed by atoms with E-state index in [1.54, 1.807) is 18.7 Å². The summed E-state index contributed by atoms with van der Waals surface area (Å²) in [6, 6.07) is 10.0. The van der Waals surface area contributed by atoms with Crippen LogP contribution in [0.15, 0.2) is 49.1 Å². The number of anilines is 1. The Balaban J connectivity index is 1.93. The van der Waals surface area contributed by atoms with Crippen molar-refractivity contribution in [1.29, 1.82) is 0 Å². The molecule has 0 aliphatic carbocycles. The highest BCUT2D eigenvalue weighted by Crippen LogP contribution is 2.19. The summed E-state index contributed by atoms with van der Waals surface area (Å²) in [5.74, 6) is 0.680. The third-order valence-electron chi connectivity index (χ3n) is 2.96. The molecule has 0 bridgehead atoms. The van der Waals surface area contributed by atoms with Crippen molar-refractivity contribution in [3.63, 3.8) is 0 Å². The molecule has 3 aromatic rings. The predicted octanol–water partition coefficient (Wildman–Crippen LogP) is 1.24. The molecule has 0 saturated heterocycles. The molecule has 6 heteroatoms. The monoisotopic (exact) mass is 254 g/mol. The van der Waals surface area contributed by atoms with Crippen molar-refractivity contribution in [1.82, 2.24) is 19.6 Å². The molecule has 2 heterocycles. The number of aromatic nitrogens is 4. The van der Waals surface area contributed by atoms with Crippen LogP contribution in [-0.4, -0.2) is 26.1 Å². The Bertz CT molecular complexity index is 663. The van der Waals surface area contributed by atoms with E-state index in [1.165, 1.54) is 0 Å². The zero-order valence-corrected chi connectivity index (χ0v) is 10.3. The van der Waals surface area contributed by atoms with Gasteiger partial charge in [0, 0.05) is 18.9 Å². The molecule has 19 heavy (non-hydrogen) atoms. The van der Waals surface area contributed by atoms with Gasteiger partial charge in [0.05, 0.1) is 6.04 Å². The van der Waals surface area contributed by atoms with E-state index in [9.17, 15) is 0 Å². The smallest absolute Gasteiger partial charge is 0.203 e. The van der Waals surface area contributed by atoms with Crippen LogP contribution in [0.25, 0.3) is 5.65 Å². The Kier molecular flexibility index (Phi) is 3.07. The number of hydrogen-bond donors (Lipinski definition) is 2. The molecule has 0 saturated carbocycles. The maximum Gasteiger partial charge on any atom is 0.203 e. The highest BCUT2D eigenvalue weighted by atomic mass is 15.2. The lowest BCUT2D eigenvalue weighted by molar-refractivity contribution is 0.783. The zero-order chi connectivity index (χ0) is 13.1. The van der Waals surface area contributed by atoms with Crippen LogP contribution in [-0.2, 0) is 0 Å². The normalized spacial score (nSPS) is 12.5. The van der Waals surface area contributed by atoms with E-state index in [1.807, 2.05) is 34.7 Å². The van der Waals surface area contributed by atoms with Crippen molar-refractivity contribution in [2.24, 2.45) is 5.73 Å². The van der Waals surface area contributed by atoms with Crippen molar-refractivity contribution >= 4 is 11.5 Å². The summed E-state index contributed by atoms with van der Waals surface area (Å²) in [5.41, 5.74) is 7.65. The molecule has 1 unspecified atom stereocenters. The molecule has 1 atom stereocenters. The van der Waals surface area contributed by atoms with Crippen LogP contribution in [0, 0.1) is 0 Å². The average Bonchev–Trinajstić information content (AvgIpc) is 2.95. The molecule has 6 nitrogen and oxygen atoms in total. The fraction of sp³-hybridized carbons (Fsp3) is 0.154. The minimum absolute atomic E-state index is 0.00315. The molecule has 2 aromatic heterocycles. The second kappa shape index (κ2) is 5.03. The van der Waals surface area contributed by atoms with E-state index in [0.29, 0.717) is 18.0 Å². The van der Waals surface area contributed by atoms with Gasteiger partial charge in [-0.1, -0.05) is 30.3 Å². The summed E-state index contributed by atoms with van der Waals surface area (Å²) in [7, 11) is 0. The molecule has 1 aromatic carbocycles. The van der Waals surface area contributed by atoms with Crippen LogP contribution in [0.3, 0.4) is 0 Å². The van der Waals surface area contributed by atoms with Gasteiger partial charge in [0.25, 0.3) is 0 Å². The van der Waals surface area contributed by atoms with Gasteiger partial charge in [-0.05, 0) is 5.56 Å². The van der Waals surface area contributed by atoms with Crippen LogP contribution in [0.4, 0.5) is 5.82 Å². The first-order valence-corrected chi connectivity index (χ1v) is 6.04. The standard InChI is InChI=1S/C13H14N6/c14-8-11(10-4-2-1-3-5-10)17-12-13-18-16-9-19(13)7-6-15-12/h1-7,9,11H,8,14H2,(H,15,17). The predicted molar refractivity (Wildman–Crippen MR) is 72.6 cm³/mol. The van der Waals surface area contributed by atoms with Crippen molar-refractivity contribution in [2.45, 2.75) is 6.04 Å². The zero-order valence-electron chi connectivity index (χ0n) is 10.3. The van der Waals surface area contributed by atoms with Gasteiger partial charge in [0.1, 0.15) is 6.33 Å². The largest absolute Gasteiger partial charge is 0.359 e. The van der Waals surface area contributed by atoms with Gasteiger partial charge in [-0.15, -0.1) is 10.2 Å². The van der Waals surface area contributed by atoms with Crippen molar-refractivity contribution in [3.05, 3.63) is 54.6 Å². The summed E-state index contributed by atoms with van der Waals surface area (Å²) in [5, 5.41) is 11.2. The van der Waals surface area contributed by atoms with Gasteiger partial charge >= 0.3 is 0 Å². The maximum atomic E-state index is 5.84. The number of nitrogens with two attached hydrogens (primary N) is 1. The van der Waals surface area contributed by atoms with E-state index < -0.39 is 0 Å². The fourth-order valence-corrected chi connectivity index (χ4v) is 1.99. The molecule has 0 aliphatic rings. The van der Waals surface area contributed by atoms with Gasteiger partial charge in [0.15, 0.2) is 5.82 Å². The van der Waals surface area contributed by atoms with E-state index in [4.69, 9.17) is 5.73 Å². The van der Waals surface area contributed by atoms with E-state index in [-0.39, 0.29) is 6.04 Å². The van der Waals surface area contributed by atoms with Gasteiger partial charge in [0.2, 0.25) is 5.65 Å². The maximum absolute atomic E-state index is 5.84. The fourth-order valence-electron chi connectivity index (χ4n) is 1.99. The van der Waals surface area contributed by atoms with E-state index in [2.05, 4.69) is 20.5 Å². The molecule has 0 radical (unpaired) electrons. The van der Waals surface area contributed by atoms with Crippen molar-refractivity contribution in [3.8, 4) is 0 Å². The molecular weight excluding hydrogens is 240 g/mol. The third-order valence-corrected chi connectivity index (χ3v) is 2.96. The quantitative estimate of drug-likeness (QED) is 0.732. The third kappa shape index (κ3) is 2.25. The molecule has 0 aliphatic heterocycles. The molecule has 0 amide bonds. The van der Waals surface area contributed by atoms with Crippen molar-refractivity contribution < 1.29 is 0 Å². The molecule has 0 fully saturated rings. The molecule has 3 rings (SSSR count). The first-order chi connectivity index (χ1) is 9.38. The van der Waals surface area contributed by atoms with Crippen LogP contribution < -0.4 is 11.1 Å². The highest BCUT2D eigenvalue weighted by Gasteiger charge is 2.12. The minimum atomic E-state index is -0.00315. The minimum Gasteiger partial charge on any atom is -0.359 e. The van der Waals surface area contributed by atoms with Gasteiger partial charge in [-0.3, -0.25) is 4.40 Å². The lowest BCUT2D eigenvalue weighted by Crippen LogP contribution is -2.21. The topological polar surface area (TPSA) is 81.1 Å². The van der Waals surface area contributed by atoms with Crippen LogP contribution >= 0.6 is 0 Å². The second-order valence-corrected chi connectivity index (χ2v) is 4.18. The Morgan fingerprint density at radius 3 is 2.89 bits per heavy atom. The first-order valence-electron chi connectivity index (χ1n) is 6.04. The first kappa shape index (κ1) is 11.6. The number of nitrogens with zero attached hydrogens (tertiary/aromatic N) is 4. The summed E-state index contributed by atoms with van der Waals surface area (Å²) in [6.07, 6.45) is 5.15. The lowest BCUT2D eigenvalue weighted by atomic mass is 10.1. The summed E-state index contributed by atoms with van der Waals surface area (Å²) in [6.45, 7) is 0.473.